The Morgan fingerprint density at radius 1 is 1.23 bits per heavy atom. The predicted molar refractivity (Wildman–Crippen MR) is 74.4 cm³/mol. The molecule has 0 bridgehead atoms. The van der Waals surface area contributed by atoms with Crippen LogP contribution >= 0.6 is 0 Å². The first-order valence-electron chi connectivity index (χ1n) is 7.07. The van der Waals surface area contributed by atoms with Crippen LogP contribution in [0.1, 0.15) is 30.3 Å². The number of aryl methyl sites for hydroxylation is 1. The molecule has 1 saturated heterocycles. The molecule has 0 amide bonds. The number of anilines is 1. The molecule has 0 saturated carbocycles. The van der Waals surface area contributed by atoms with Gasteiger partial charge in [-0.1, -0.05) is 0 Å². The fourth-order valence-electron chi connectivity index (χ4n) is 2.82. The van der Waals surface area contributed by atoms with Crippen LogP contribution in [-0.4, -0.2) is 32.6 Å². The van der Waals surface area contributed by atoms with Crippen molar-refractivity contribution in [2.24, 2.45) is 7.05 Å². The maximum atomic E-state index is 12.8. The summed E-state index contributed by atoms with van der Waals surface area (Å²) in [4.78, 5) is 14.2. The molecule has 8 heteroatoms. The van der Waals surface area contributed by atoms with Crippen molar-refractivity contribution in [3.8, 4) is 0 Å². The second-order valence-electron chi connectivity index (χ2n) is 5.43. The Morgan fingerprint density at radius 2 is 1.95 bits per heavy atom. The van der Waals surface area contributed by atoms with Gasteiger partial charge in [-0.05, 0) is 18.9 Å². The summed E-state index contributed by atoms with van der Waals surface area (Å²) in [5, 5.41) is 0. The fourth-order valence-corrected chi connectivity index (χ4v) is 2.82. The standard InChI is InChI=1S/C14H16F3N5/c1-21-9-11(14(15,16)17)20-12(21)10-4-2-7-22(8-10)13-18-5-3-6-19-13/h3,5-6,9-10H,2,4,7-8H2,1H3. The third-order valence-electron chi connectivity index (χ3n) is 3.82. The molecule has 118 valence electrons. The monoisotopic (exact) mass is 311 g/mol. The minimum Gasteiger partial charge on any atom is -0.340 e. The van der Waals surface area contributed by atoms with Gasteiger partial charge in [0, 0.05) is 44.6 Å². The van der Waals surface area contributed by atoms with Crippen molar-refractivity contribution < 1.29 is 13.2 Å². The van der Waals surface area contributed by atoms with Gasteiger partial charge < -0.3 is 9.47 Å². The van der Waals surface area contributed by atoms with E-state index in [4.69, 9.17) is 0 Å². The molecular formula is C14H16F3N5. The van der Waals surface area contributed by atoms with Crippen molar-refractivity contribution in [1.82, 2.24) is 19.5 Å². The topological polar surface area (TPSA) is 46.8 Å². The number of hydrogen-bond acceptors (Lipinski definition) is 4. The van der Waals surface area contributed by atoms with Crippen LogP contribution in [0.3, 0.4) is 0 Å². The maximum Gasteiger partial charge on any atom is 0.434 e. The molecule has 0 N–H and O–H groups in total. The average Bonchev–Trinajstić information content (AvgIpc) is 2.90. The second kappa shape index (κ2) is 5.58. The van der Waals surface area contributed by atoms with Gasteiger partial charge in [0.2, 0.25) is 5.95 Å². The Kier molecular flexibility index (Phi) is 3.76. The van der Waals surface area contributed by atoms with E-state index in [9.17, 15) is 13.2 Å². The van der Waals surface area contributed by atoms with Gasteiger partial charge in [-0.2, -0.15) is 13.2 Å². The van der Waals surface area contributed by atoms with Gasteiger partial charge in [0.15, 0.2) is 5.69 Å². The van der Waals surface area contributed by atoms with Crippen molar-refractivity contribution in [3.63, 3.8) is 0 Å². The summed E-state index contributed by atoms with van der Waals surface area (Å²) >= 11 is 0. The SMILES string of the molecule is Cn1cc(C(F)(F)F)nc1C1CCCN(c2ncccn2)C1. The Morgan fingerprint density at radius 3 is 2.59 bits per heavy atom. The van der Waals surface area contributed by atoms with E-state index >= 15 is 0 Å². The fraction of sp³-hybridized carbons (Fsp3) is 0.500. The summed E-state index contributed by atoms with van der Waals surface area (Å²) in [5.41, 5.74) is -0.835. The van der Waals surface area contributed by atoms with E-state index in [1.54, 1.807) is 25.5 Å². The van der Waals surface area contributed by atoms with Crippen molar-refractivity contribution in [2.45, 2.75) is 24.9 Å². The number of alkyl halides is 3. The highest BCUT2D eigenvalue weighted by Gasteiger charge is 2.36. The number of imidazole rings is 1. The zero-order valence-corrected chi connectivity index (χ0v) is 12.1. The zero-order valence-electron chi connectivity index (χ0n) is 12.1. The van der Waals surface area contributed by atoms with Crippen molar-refractivity contribution in [3.05, 3.63) is 36.2 Å². The normalized spacial score (nSPS) is 19.5. The van der Waals surface area contributed by atoms with Crippen molar-refractivity contribution in [1.29, 1.82) is 0 Å². The average molecular weight is 311 g/mol. The molecule has 5 nitrogen and oxygen atoms in total. The van der Waals surface area contributed by atoms with Gasteiger partial charge in [0.25, 0.3) is 0 Å². The number of piperidine rings is 1. The smallest absolute Gasteiger partial charge is 0.340 e. The number of halogens is 3. The lowest BCUT2D eigenvalue weighted by Gasteiger charge is -2.32. The summed E-state index contributed by atoms with van der Waals surface area (Å²) in [6.45, 7) is 1.38. The molecule has 22 heavy (non-hydrogen) atoms. The molecule has 1 atom stereocenters. The minimum atomic E-state index is -4.41. The molecular weight excluding hydrogens is 295 g/mol. The minimum absolute atomic E-state index is 0.0568. The van der Waals surface area contributed by atoms with Gasteiger partial charge in [0.1, 0.15) is 5.82 Å². The highest BCUT2D eigenvalue weighted by molar-refractivity contribution is 5.31. The number of nitrogens with zero attached hydrogens (tertiary/aromatic N) is 5. The van der Waals surface area contributed by atoms with Gasteiger partial charge in [-0.15, -0.1) is 0 Å². The van der Waals surface area contributed by atoms with Crippen LogP contribution in [0.4, 0.5) is 19.1 Å². The van der Waals surface area contributed by atoms with E-state index in [1.807, 2.05) is 4.90 Å². The van der Waals surface area contributed by atoms with Crippen LogP contribution in [0.2, 0.25) is 0 Å². The largest absolute Gasteiger partial charge is 0.434 e. The number of rotatable bonds is 2. The summed E-state index contributed by atoms with van der Waals surface area (Å²) in [5.74, 6) is 1.02. The molecule has 2 aromatic heterocycles. The molecule has 3 heterocycles. The predicted octanol–water partition coefficient (Wildman–Crippen LogP) is 2.61. The lowest BCUT2D eigenvalue weighted by Crippen LogP contribution is -2.36. The van der Waals surface area contributed by atoms with Crippen molar-refractivity contribution in [2.75, 3.05) is 18.0 Å². The second-order valence-corrected chi connectivity index (χ2v) is 5.43. The van der Waals surface area contributed by atoms with E-state index in [2.05, 4.69) is 15.0 Å². The van der Waals surface area contributed by atoms with E-state index in [-0.39, 0.29) is 5.92 Å². The third-order valence-corrected chi connectivity index (χ3v) is 3.82. The molecule has 1 fully saturated rings. The number of hydrogen-bond donors (Lipinski definition) is 0. The van der Waals surface area contributed by atoms with Crippen LogP contribution < -0.4 is 4.90 Å². The van der Waals surface area contributed by atoms with Crippen LogP contribution in [0.15, 0.2) is 24.7 Å². The Labute approximate surface area is 125 Å². The maximum absolute atomic E-state index is 12.8. The van der Waals surface area contributed by atoms with E-state index in [0.717, 1.165) is 25.6 Å². The third kappa shape index (κ3) is 2.90. The van der Waals surface area contributed by atoms with Gasteiger partial charge in [0.05, 0.1) is 0 Å². The van der Waals surface area contributed by atoms with Crippen LogP contribution in [0.5, 0.6) is 0 Å². The molecule has 0 radical (unpaired) electrons. The summed E-state index contributed by atoms with van der Waals surface area (Å²) in [7, 11) is 1.61. The molecule has 0 spiro atoms. The summed E-state index contributed by atoms with van der Waals surface area (Å²) in [6, 6.07) is 1.74. The van der Waals surface area contributed by atoms with E-state index in [0.29, 0.717) is 18.3 Å². The summed E-state index contributed by atoms with van der Waals surface area (Å²) in [6.07, 6.45) is 1.64. The first-order valence-corrected chi connectivity index (χ1v) is 7.07. The molecule has 0 aliphatic carbocycles. The van der Waals surface area contributed by atoms with Gasteiger partial charge >= 0.3 is 6.18 Å². The Hall–Kier alpha value is -2.12. The van der Waals surface area contributed by atoms with Crippen LogP contribution in [0.25, 0.3) is 0 Å². The lowest BCUT2D eigenvalue weighted by molar-refractivity contribution is -0.141. The molecule has 1 unspecified atom stereocenters. The Bertz CT molecular complexity index is 638. The van der Waals surface area contributed by atoms with Crippen LogP contribution in [0, 0.1) is 0 Å². The first kappa shape index (κ1) is 14.8. The van der Waals surface area contributed by atoms with E-state index < -0.39 is 11.9 Å². The highest BCUT2D eigenvalue weighted by atomic mass is 19.4. The lowest BCUT2D eigenvalue weighted by atomic mass is 9.97. The first-order chi connectivity index (χ1) is 10.4. The zero-order chi connectivity index (χ0) is 15.7. The number of aromatic nitrogens is 4. The van der Waals surface area contributed by atoms with Crippen LogP contribution in [-0.2, 0) is 13.2 Å². The van der Waals surface area contributed by atoms with Gasteiger partial charge in [-0.25, -0.2) is 15.0 Å². The Balaban J connectivity index is 1.82. The van der Waals surface area contributed by atoms with E-state index in [1.165, 1.54) is 4.57 Å². The molecule has 2 aromatic rings. The van der Waals surface area contributed by atoms with Crippen molar-refractivity contribution >= 4 is 5.95 Å². The quantitative estimate of drug-likeness (QED) is 0.855. The summed E-state index contributed by atoms with van der Waals surface area (Å²) < 4.78 is 39.8. The highest BCUT2D eigenvalue weighted by Crippen LogP contribution is 2.32. The molecule has 3 rings (SSSR count). The van der Waals surface area contributed by atoms with Gasteiger partial charge in [-0.3, -0.25) is 0 Å². The molecule has 1 aliphatic heterocycles. The molecule has 0 aromatic carbocycles. The molecule has 1 aliphatic rings.